The molecule has 6 heteroatoms. The van der Waals surface area contributed by atoms with E-state index in [1.54, 1.807) is 22.0 Å². The second-order valence-corrected chi connectivity index (χ2v) is 6.37. The third-order valence-corrected chi connectivity index (χ3v) is 4.76. The van der Waals surface area contributed by atoms with Gasteiger partial charge in [0.25, 0.3) is 0 Å². The van der Waals surface area contributed by atoms with Crippen LogP contribution in [0, 0.1) is 0 Å². The van der Waals surface area contributed by atoms with Crippen molar-refractivity contribution in [3.05, 3.63) is 57.2 Å². The number of nitrogens with one attached hydrogen (secondary N) is 1. The van der Waals surface area contributed by atoms with Gasteiger partial charge < -0.3 is 9.73 Å². The van der Waals surface area contributed by atoms with Gasteiger partial charge in [0.15, 0.2) is 5.58 Å². The molecule has 0 saturated heterocycles. The van der Waals surface area contributed by atoms with Crippen molar-refractivity contribution in [1.29, 1.82) is 0 Å². The number of thiophene rings is 1. The summed E-state index contributed by atoms with van der Waals surface area (Å²) in [6.45, 7) is 2.44. The lowest BCUT2D eigenvalue weighted by molar-refractivity contribution is -0.121. The molecule has 3 aromatic rings. The number of hydrogen-bond donors (Lipinski definition) is 1. The van der Waals surface area contributed by atoms with Crippen LogP contribution in [0.15, 0.2) is 51.0 Å². The first-order valence-electron chi connectivity index (χ1n) is 7.56. The maximum Gasteiger partial charge on any atom is 0.419 e. The molecule has 1 aromatic carbocycles. The van der Waals surface area contributed by atoms with Gasteiger partial charge >= 0.3 is 5.76 Å². The van der Waals surface area contributed by atoms with E-state index in [1.807, 2.05) is 42.6 Å². The number of benzene rings is 1. The molecule has 0 aliphatic heterocycles. The molecule has 1 amide bonds. The Morgan fingerprint density at radius 3 is 2.91 bits per heavy atom. The van der Waals surface area contributed by atoms with Crippen LogP contribution < -0.4 is 11.1 Å². The average molecular weight is 330 g/mol. The number of amides is 1. The highest BCUT2D eigenvalue weighted by Crippen LogP contribution is 2.18. The molecule has 0 unspecified atom stereocenters. The number of oxazole rings is 1. The summed E-state index contributed by atoms with van der Waals surface area (Å²) in [7, 11) is 0. The van der Waals surface area contributed by atoms with Crippen molar-refractivity contribution < 1.29 is 9.21 Å². The molecule has 1 N–H and O–H groups in total. The standard InChI is InChI=1S/C17H18N2O3S/c1-12(15-8-5-11-23-15)18-16(20)9-4-10-19-13-6-2-3-7-14(13)22-17(19)21/h2-3,5-8,11-12H,4,9-10H2,1H3,(H,18,20)/t12-/m1/s1. The topological polar surface area (TPSA) is 64.2 Å². The molecular formula is C17H18N2O3S. The number of carbonyl (C=O) groups is 1. The van der Waals surface area contributed by atoms with Crippen LogP contribution in [0.5, 0.6) is 0 Å². The van der Waals surface area contributed by atoms with E-state index in [0.717, 1.165) is 10.4 Å². The van der Waals surface area contributed by atoms with E-state index in [9.17, 15) is 9.59 Å². The van der Waals surface area contributed by atoms with Crippen molar-refractivity contribution in [3.8, 4) is 0 Å². The van der Waals surface area contributed by atoms with Crippen LogP contribution in [-0.2, 0) is 11.3 Å². The summed E-state index contributed by atoms with van der Waals surface area (Å²) in [5.41, 5.74) is 1.35. The summed E-state index contributed by atoms with van der Waals surface area (Å²) < 4.78 is 6.75. The molecule has 120 valence electrons. The van der Waals surface area contributed by atoms with Crippen molar-refractivity contribution in [2.45, 2.75) is 32.4 Å². The normalized spacial score (nSPS) is 12.4. The number of carbonyl (C=O) groups excluding carboxylic acids is 1. The van der Waals surface area contributed by atoms with Gasteiger partial charge in [0, 0.05) is 17.8 Å². The fraction of sp³-hybridized carbons (Fsp3) is 0.294. The van der Waals surface area contributed by atoms with Crippen LogP contribution in [0.3, 0.4) is 0 Å². The highest BCUT2D eigenvalue weighted by atomic mass is 32.1. The van der Waals surface area contributed by atoms with Crippen molar-refractivity contribution in [2.75, 3.05) is 0 Å². The van der Waals surface area contributed by atoms with Gasteiger partial charge in [0.1, 0.15) is 0 Å². The minimum atomic E-state index is -0.376. The molecule has 0 aliphatic rings. The van der Waals surface area contributed by atoms with Crippen LogP contribution in [0.25, 0.3) is 11.1 Å². The smallest absolute Gasteiger partial charge is 0.408 e. The van der Waals surface area contributed by atoms with Crippen LogP contribution in [0.2, 0.25) is 0 Å². The minimum absolute atomic E-state index is 0.00764. The Morgan fingerprint density at radius 1 is 1.30 bits per heavy atom. The SMILES string of the molecule is C[C@@H](NC(=O)CCCn1c(=O)oc2ccccc21)c1cccs1. The Kier molecular flexibility index (Phi) is 4.62. The fourth-order valence-electron chi connectivity index (χ4n) is 2.55. The maximum absolute atomic E-state index is 12.0. The summed E-state index contributed by atoms with van der Waals surface area (Å²) in [5, 5.41) is 4.97. The van der Waals surface area contributed by atoms with Crippen LogP contribution in [0.4, 0.5) is 0 Å². The predicted octanol–water partition coefficient (Wildman–Crippen LogP) is 3.31. The molecule has 1 atom stereocenters. The monoisotopic (exact) mass is 330 g/mol. The highest BCUT2D eigenvalue weighted by Gasteiger charge is 2.12. The van der Waals surface area contributed by atoms with Gasteiger partial charge in [-0.25, -0.2) is 4.79 Å². The van der Waals surface area contributed by atoms with Crippen LogP contribution in [-0.4, -0.2) is 10.5 Å². The molecule has 3 rings (SSSR count). The van der Waals surface area contributed by atoms with Crippen LogP contribution >= 0.6 is 11.3 Å². The predicted molar refractivity (Wildman–Crippen MR) is 90.6 cm³/mol. The first-order valence-corrected chi connectivity index (χ1v) is 8.44. The zero-order chi connectivity index (χ0) is 16.2. The lowest BCUT2D eigenvalue weighted by Crippen LogP contribution is -2.26. The molecule has 2 heterocycles. The third kappa shape index (κ3) is 3.53. The van der Waals surface area contributed by atoms with E-state index in [-0.39, 0.29) is 17.7 Å². The van der Waals surface area contributed by atoms with Crippen LogP contribution in [0.1, 0.15) is 30.7 Å². The number of aromatic nitrogens is 1. The second kappa shape index (κ2) is 6.83. The lowest BCUT2D eigenvalue weighted by Gasteiger charge is -2.12. The highest BCUT2D eigenvalue weighted by molar-refractivity contribution is 7.10. The third-order valence-electron chi connectivity index (χ3n) is 3.71. The van der Waals surface area contributed by atoms with Gasteiger partial charge in [-0.3, -0.25) is 9.36 Å². The number of nitrogens with zero attached hydrogens (tertiary/aromatic N) is 1. The summed E-state index contributed by atoms with van der Waals surface area (Å²) in [6.07, 6.45) is 0.966. The Labute approximate surface area is 137 Å². The van der Waals surface area contributed by atoms with E-state index in [2.05, 4.69) is 5.32 Å². The minimum Gasteiger partial charge on any atom is -0.408 e. The number of fused-ring (bicyclic) bond motifs is 1. The number of hydrogen-bond acceptors (Lipinski definition) is 4. The molecule has 0 fully saturated rings. The largest absolute Gasteiger partial charge is 0.419 e. The van der Waals surface area contributed by atoms with Crippen molar-refractivity contribution in [3.63, 3.8) is 0 Å². The molecule has 0 spiro atoms. The molecule has 2 aromatic heterocycles. The fourth-order valence-corrected chi connectivity index (χ4v) is 3.28. The van der Waals surface area contributed by atoms with Crippen molar-refractivity contribution >= 4 is 28.3 Å². The number of rotatable bonds is 6. The van der Waals surface area contributed by atoms with Gasteiger partial charge in [0.05, 0.1) is 11.6 Å². The quantitative estimate of drug-likeness (QED) is 0.754. The molecule has 23 heavy (non-hydrogen) atoms. The zero-order valence-electron chi connectivity index (χ0n) is 12.8. The van der Waals surface area contributed by atoms with E-state index in [4.69, 9.17) is 4.42 Å². The summed E-state index contributed by atoms with van der Waals surface area (Å²) in [5.74, 6) is -0.384. The van der Waals surface area contributed by atoms with E-state index >= 15 is 0 Å². The van der Waals surface area contributed by atoms with Crippen molar-refractivity contribution in [2.24, 2.45) is 0 Å². The van der Waals surface area contributed by atoms with E-state index in [0.29, 0.717) is 25.0 Å². The summed E-state index contributed by atoms with van der Waals surface area (Å²) >= 11 is 1.63. The van der Waals surface area contributed by atoms with Gasteiger partial charge in [-0.1, -0.05) is 18.2 Å². The Bertz CT molecular complexity index is 848. The van der Waals surface area contributed by atoms with E-state index in [1.165, 1.54) is 0 Å². The molecule has 0 saturated carbocycles. The van der Waals surface area contributed by atoms with Gasteiger partial charge in [-0.05, 0) is 36.9 Å². The molecule has 0 aliphatic carbocycles. The molecule has 0 bridgehead atoms. The van der Waals surface area contributed by atoms with Gasteiger partial charge in [0.2, 0.25) is 5.91 Å². The number of aryl methyl sites for hydroxylation is 1. The molecule has 5 nitrogen and oxygen atoms in total. The molecule has 0 radical (unpaired) electrons. The Balaban J connectivity index is 1.55. The average Bonchev–Trinajstić information content (AvgIpc) is 3.16. The summed E-state index contributed by atoms with van der Waals surface area (Å²) in [4.78, 5) is 25.0. The van der Waals surface area contributed by atoms with E-state index < -0.39 is 0 Å². The Morgan fingerprint density at radius 2 is 2.13 bits per heavy atom. The first kappa shape index (κ1) is 15.6. The molecular weight excluding hydrogens is 312 g/mol. The van der Waals surface area contributed by atoms with Gasteiger partial charge in [-0.2, -0.15) is 0 Å². The summed E-state index contributed by atoms with van der Waals surface area (Å²) in [6, 6.07) is 11.3. The second-order valence-electron chi connectivity index (χ2n) is 5.40. The lowest BCUT2D eigenvalue weighted by atomic mass is 10.2. The van der Waals surface area contributed by atoms with Gasteiger partial charge in [-0.15, -0.1) is 11.3 Å². The Hall–Kier alpha value is -2.34. The van der Waals surface area contributed by atoms with Crippen molar-refractivity contribution in [1.82, 2.24) is 9.88 Å². The zero-order valence-corrected chi connectivity index (χ0v) is 13.6. The maximum atomic E-state index is 12.0. The first-order chi connectivity index (χ1) is 11.1. The number of para-hydroxylation sites is 2.